The lowest BCUT2D eigenvalue weighted by molar-refractivity contribution is 0.475. The highest BCUT2D eigenvalue weighted by atomic mass is 16.3. The molecule has 0 saturated heterocycles. The molecule has 0 amide bonds. The van der Waals surface area contributed by atoms with Crippen molar-refractivity contribution in [2.75, 3.05) is 13.6 Å². The molecule has 3 heteroatoms. The molecule has 0 aliphatic carbocycles. The van der Waals surface area contributed by atoms with Gasteiger partial charge in [-0.1, -0.05) is 32.0 Å². The van der Waals surface area contributed by atoms with Gasteiger partial charge in [-0.15, -0.1) is 0 Å². The number of hydrogen-bond acceptors (Lipinski definition) is 3. The fraction of sp³-hybridized carbons (Fsp3) is 0.357. The molecule has 1 heterocycles. The van der Waals surface area contributed by atoms with E-state index < -0.39 is 0 Å². The van der Waals surface area contributed by atoms with Gasteiger partial charge in [-0.25, -0.2) is 4.98 Å². The maximum atomic E-state index is 5.54. The highest BCUT2D eigenvalue weighted by Gasteiger charge is 2.24. The smallest absolute Gasteiger partial charge is 0.226 e. The Kier molecular flexibility index (Phi) is 3.29. The monoisotopic (exact) mass is 230 g/mol. The average Bonchev–Trinajstić information content (AvgIpc) is 2.80. The van der Waals surface area contributed by atoms with Crippen molar-refractivity contribution in [2.24, 2.45) is 0 Å². The SMILES string of the molecule is CNCC(C)(C)c1coc(-c2ccccc2)n1. The molecule has 0 aliphatic heterocycles. The van der Waals surface area contributed by atoms with E-state index in [2.05, 4.69) is 24.1 Å². The van der Waals surface area contributed by atoms with Crippen molar-refractivity contribution in [1.82, 2.24) is 10.3 Å². The third-order valence-electron chi connectivity index (χ3n) is 2.84. The van der Waals surface area contributed by atoms with Crippen LogP contribution in [0.5, 0.6) is 0 Å². The van der Waals surface area contributed by atoms with Gasteiger partial charge in [-0.2, -0.15) is 0 Å². The third kappa shape index (κ3) is 2.56. The molecule has 1 N–H and O–H groups in total. The van der Waals surface area contributed by atoms with E-state index >= 15 is 0 Å². The number of nitrogens with zero attached hydrogens (tertiary/aromatic N) is 1. The Bertz CT molecular complexity index is 474. The molecular weight excluding hydrogens is 212 g/mol. The second kappa shape index (κ2) is 4.72. The molecule has 17 heavy (non-hydrogen) atoms. The zero-order valence-electron chi connectivity index (χ0n) is 10.5. The van der Waals surface area contributed by atoms with Crippen LogP contribution in [0.15, 0.2) is 41.0 Å². The van der Waals surface area contributed by atoms with Crippen LogP contribution in [0.25, 0.3) is 11.5 Å². The number of likely N-dealkylation sites (N-methyl/N-ethyl adjacent to an activating group) is 1. The lowest BCUT2D eigenvalue weighted by atomic mass is 9.90. The molecule has 0 aliphatic rings. The first kappa shape index (κ1) is 11.9. The Labute approximate surface area is 102 Å². The second-order valence-corrected chi connectivity index (χ2v) is 4.82. The van der Waals surface area contributed by atoms with Gasteiger partial charge in [0.15, 0.2) is 0 Å². The van der Waals surface area contributed by atoms with Crippen LogP contribution in [0.1, 0.15) is 19.5 Å². The van der Waals surface area contributed by atoms with Gasteiger partial charge in [-0.3, -0.25) is 0 Å². The van der Waals surface area contributed by atoms with Gasteiger partial charge in [0.1, 0.15) is 6.26 Å². The first-order valence-electron chi connectivity index (χ1n) is 5.79. The molecule has 0 radical (unpaired) electrons. The summed E-state index contributed by atoms with van der Waals surface area (Å²) in [5.74, 6) is 0.685. The molecule has 0 bridgehead atoms. The van der Waals surface area contributed by atoms with E-state index in [0.29, 0.717) is 5.89 Å². The maximum absolute atomic E-state index is 5.54. The number of hydrogen-bond donors (Lipinski definition) is 1. The summed E-state index contributed by atoms with van der Waals surface area (Å²) in [5.41, 5.74) is 1.97. The molecule has 2 aromatic rings. The van der Waals surface area contributed by atoms with Crippen molar-refractivity contribution in [3.63, 3.8) is 0 Å². The zero-order chi connectivity index (χ0) is 12.3. The minimum atomic E-state index is -0.0225. The number of oxazole rings is 1. The topological polar surface area (TPSA) is 38.1 Å². The predicted octanol–water partition coefficient (Wildman–Crippen LogP) is 2.84. The van der Waals surface area contributed by atoms with E-state index in [-0.39, 0.29) is 5.41 Å². The van der Waals surface area contributed by atoms with Crippen molar-refractivity contribution < 1.29 is 4.42 Å². The molecule has 1 aromatic heterocycles. The minimum Gasteiger partial charge on any atom is -0.444 e. The van der Waals surface area contributed by atoms with Gasteiger partial charge >= 0.3 is 0 Å². The van der Waals surface area contributed by atoms with Gasteiger partial charge in [-0.05, 0) is 19.2 Å². The van der Waals surface area contributed by atoms with Crippen LogP contribution in [0.2, 0.25) is 0 Å². The zero-order valence-corrected chi connectivity index (χ0v) is 10.5. The highest BCUT2D eigenvalue weighted by molar-refractivity contribution is 5.52. The summed E-state index contributed by atoms with van der Waals surface area (Å²) >= 11 is 0. The van der Waals surface area contributed by atoms with E-state index in [1.807, 2.05) is 37.4 Å². The molecule has 3 nitrogen and oxygen atoms in total. The molecule has 90 valence electrons. The Morgan fingerprint density at radius 3 is 2.59 bits per heavy atom. The molecule has 2 rings (SSSR count). The molecule has 0 fully saturated rings. The Morgan fingerprint density at radius 2 is 1.94 bits per heavy atom. The van der Waals surface area contributed by atoms with Crippen LogP contribution < -0.4 is 5.32 Å². The van der Waals surface area contributed by atoms with Crippen LogP contribution in [-0.4, -0.2) is 18.6 Å². The van der Waals surface area contributed by atoms with Crippen LogP contribution in [0, 0.1) is 0 Å². The molecular formula is C14H18N2O. The second-order valence-electron chi connectivity index (χ2n) is 4.82. The van der Waals surface area contributed by atoms with Crippen molar-refractivity contribution in [3.05, 3.63) is 42.3 Å². The van der Waals surface area contributed by atoms with Crippen molar-refractivity contribution in [1.29, 1.82) is 0 Å². The third-order valence-corrected chi connectivity index (χ3v) is 2.84. The maximum Gasteiger partial charge on any atom is 0.226 e. The molecule has 0 atom stereocenters. The van der Waals surface area contributed by atoms with Gasteiger partial charge in [0.25, 0.3) is 0 Å². The van der Waals surface area contributed by atoms with Crippen LogP contribution in [0.4, 0.5) is 0 Å². The predicted molar refractivity (Wildman–Crippen MR) is 68.9 cm³/mol. The molecule has 0 spiro atoms. The van der Waals surface area contributed by atoms with Crippen molar-refractivity contribution >= 4 is 0 Å². The summed E-state index contributed by atoms with van der Waals surface area (Å²) in [5, 5.41) is 3.17. The van der Waals surface area contributed by atoms with E-state index in [4.69, 9.17) is 4.42 Å². The summed E-state index contributed by atoms with van der Waals surface area (Å²) in [7, 11) is 1.94. The summed E-state index contributed by atoms with van der Waals surface area (Å²) < 4.78 is 5.54. The van der Waals surface area contributed by atoms with Crippen LogP contribution in [0.3, 0.4) is 0 Å². The number of benzene rings is 1. The largest absolute Gasteiger partial charge is 0.444 e. The average molecular weight is 230 g/mol. The first-order valence-corrected chi connectivity index (χ1v) is 5.79. The van der Waals surface area contributed by atoms with E-state index in [0.717, 1.165) is 17.8 Å². The molecule has 0 unspecified atom stereocenters. The number of nitrogens with one attached hydrogen (secondary N) is 1. The quantitative estimate of drug-likeness (QED) is 0.877. The van der Waals surface area contributed by atoms with E-state index in [9.17, 15) is 0 Å². The van der Waals surface area contributed by atoms with Crippen LogP contribution >= 0.6 is 0 Å². The first-order chi connectivity index (χ1) is 8.13. The normalized spacial score (nSPS) is 11.7. The molecule has 0 saturated carbocycles. The molecule has 1 aromatic carbocycles. The fourth-order valence-corrected chi connectivity index (χ4v) is 1.83. The van der Waals surface area contributed by atoms with Gasteiger partial charge in [0, 0.05) is 17.5 Å². The summed E-state index contributed by atoms with van der Waals surface area (Å²) in [4.78, 5) is 4.56. The Morgan fingerprint density at radius 1 is 1.24 bits per heavy atom. The lowest BCUT2D eigenvalue weighted by Crippen LogP contribution is -2.30. The summed E-state index contributed by atoms with van der Waals surface area (Å²) in [6.07, 6.45) is 1.75. The number of aromatic nitrogens is 1. The summed E-state index contributed by atoms with van der Waals surface area (Å²) in [6.45, 7) is 5.17. The standard InChI is InChI=1S/C14H18N2O/c1-14(2,10-15-3)12-9-17-13(16-12)11-7-5-4-6-8-11/h4-9,15H,10H2,1-3H3. The van der Waals surface area contributed by atoms with Crippen molar-refractivity contribution in [3.8, 4) is 11.5 Å². The minimum absolute atomic E-state index is 0.0225. The van der Waals surface area contributed by atoms with Gasteiger partial charge in [0.05, 0.1) is 5.69 Å². The lowest BCUT2D eigenvalue weighted by Gasteiger charge is -2.20. The van der Waals surface area contributed by atoms with Crippen molar-refractivity contribution in [2.45, 2.75) is 19.3 Å². The Balaban J connectivity index is 2.28. The van der Waals surface area contributed by atoms with Gasteiger partial charge in [0.2, 0.25) is 5.89 Å². The van der Waals surface area contributed by atoms with E-state index in [1.54, 1.807) is 6.26 Å². The highest BCUT2D eigenvalue weighted by Crippen LogP contribution is 2.25. The number of rotatable bonds is 4. The fourth-order valence-electron chi connectivity index (χ4n) is 1.83. The van der Waals surface area contributed by atoms with E-state index in [1.165, 1.54) is 0 Å². The Hall–Kier alpha value is -1.61. The van der Waals surface area contributed by atoms with Gasteiger partial charge < -0.3 is 9.73 Å². The summed E-state index contributed by atoms with van der Waals surface area (Å²) in [6, 6.07) is 9.95. The van der Waals surface area contributed by atoms with Crippen LogP contribution in [-0.2, 0) is 5.41 Å².